The Hall–Kier alpha value is -2.11. The maximum atomic E-state index is 5.36. The molecule has 0 saturated heterocycles. The summed E-state index contributed by atoms with van der Waals surface area (Å²) in [6.45, 7) is 1.47. The number of nitrogens with zero attached hydrogens (tertiary/aromatic N) is 3. The van der Waals surface area contributed by atoms with Crippen molar-refractivity contribution >= 4 is 11.8 Å². The van der Waals surface area contributed by atoms with Crippen molar-refractivity contribution in [2.75, 3.05) is 13.3 Å². The summed E-state index contributed by atoms with van der Waals surface area (Å²) in [6, 6.07) is 18.5. The monoisotopic (exact) mass is 325 g/mol. The van der Waals surface area contributed by atoms with E-state index in [1.54, 1.807) is 11.8 Å². The maximum Gasteiger partial charge on any atom is 0.241 e. The molecule has 0 aliphatic carbocycles. The van der Waals surface area contributed by atoms with Crippen LogP contribution in [0.25, 0.3) is 11.4 Å². The van der Waals surface area contributed by atoms with E-state index in [1.165, 1.54) is 10.5 Å². The van der Waals surface area contributed by atoms with E-state index in [9.17, 15) is 0 Å². The molecule has 0 N–H and O–H groups in total. The van der Waals surface area contributed by atoms with Gasteiger partial charge in [0.25, 0.3) is 0 Å². The highest BCUT2D eigenvalue weighted by molar-refractivity contribution is 7.98. The molecule has 1 aromatic heterocycles. The molecule has 2 aromatic carbocycles. The van der Waals surface area contributed by atoms with Gasteiger partial charge in [0, 0.05) is 17.0 Å². The standard InChI is InChI=1S/C18H19N3OS/c1-21(12-14-8-10-16(23-2)11-9-14)13-17-19-18(20-22-17)15-6-4-3-5-7-15/h3-11H,12-13H2,1-2H3. The third kappa shape index (κ3) is 4.21. The molecule has 0 aliphatic heterocycles. The predicted octanol–water partition coefficient (Wildman–Crippen LogP) is 4.09. The van der Waals surface area contributed by atoms with Crippen molar-refractivity contribution < 1.29 is 4.52 Å². The number of hydrogen-bond acceptors (Lipinski definition) is 5. The summed E-state index contributed by atoms with van der Waals surface area (Å²) in [5.74, 6) is 1.27. The van der Waals surface area contributed by atoms with E-state index in [1.807, 2.05) is 30.3 Å². The van der Waals surface area contributed by atoms with Gasteiger partial charge in [-0.15, -0.1) is 11.8 Å². The molecule has 3 rings (SSSR count). The van der Waals surface area contributed by atoms with Crippen molar-refractivity contribution in [1.29, 1.82) is 0 Å². The number of aromatic nitrogens is 2. The first-order chi connectivity index (χ1) is 11.2. The summed E-state index contributed by atoms with van der Waals surface area (Å²) in [5, 5.41) is 4.05. The first kappa shape index (κ1) is 15.8. The van der Waals surface area contributed by atoms with Crippen molar-refractivity contribution in [3.05, 3.63) is 66.1 Å². The summed E-state index contributed by atoms with van der Waals surface area (Å²) in [6.07, 6.45) is 2.08. The van der Waals surface area contributed by atoms with E-state index in [2.05, 4.69) is 52.6 Å². The molecule has 0 saturated carbocycles. The Morgan fingerprint density at radius 1 is 1.00 bits per heavy atom. The van der Waals surface area contributed by atoms with Crippen molar-refractivity contribution in [3.63, 3.8) is 0 Å². The van der Waals surface area contributed by atoms with Gasteiger partial charge in [0.05, 0.1) is 6.54 Å². The van der Waals surface area contributed by atoms with E-state index in [-0.39, 0.29) is 0 Å². The van der Waals surface area contributed by atoms with Gasteiger partial charge in [-0.1, -0.05) is 47.6 Å². The van der Waals surface area contributed by atoms with Gasteiger partial charge >= 0.3 is 0 Å². The molecule has 1 heterocycles. The molecule has 0 amide bonds. The van der Waals surface area contributed by atoms with E-state index in [0.29, 0.717) is 18.3 Å². The van der Waals surface area contributed by atoms with E-state index in [4.69, 9.17) is 4.52 Å². The average Bonchev–Trinajstić information content (AvgIpc) is 3.04. The minimum absolute atomic E-state index is 0.629. The maximum absolute atomic E-state index is 5.36. The highest BCUT2D eigenvalue weighted by atomic mass is 32.2. The second-order valence-electron chi connectivity index (χ2n) is 5.40. The van der Waals surface area contributed by atoms with Gasteiger partial charge in [0.15, 0.2) is 0 Å². The second-order valence-corrected chi connectivity index (χ2v) is 6.28. The van der Waals surface area contributed by atoms with Crippen LogP contribution < -0.4 is 0 Å². The zero-order chi connectivity index (χ0) is 16.1. The highest BCUT2D eigenvalue weighted by Crippen LogP contribution is 2.17. The Morgan fingerprint density at radius 2 is 1.74 bits per heavy atom. The zero-order valence-electron chi connectivity index (χ0n) is 13.3. The van der Waals surface area contributed by atoms with Gasteiger partial charge in [-0.3, -0.25) is 4.90 Å². The molecule has 0 radical (unpaired) electrons. The van der Waals surface area contributed by atoms with Crippen LogP contribution in [-0.4, -0.2) is 28.3 Å². The van der Waals surface area contributed by atoms with Crippen molar-refractivity contribution in [2.24, 2.45) is 0 Å². The Kier molecular flexibility index (Phi) is 5.10. The predicted molar refractivity (Wildman–Crippen MR) is 93.1 cm³/mol. The SMILES string of the molecule is CSc1ccc(CN(C)Cc2nc(-c3ccccc3)no2)cc1. The molecule has 0 aliphatic rings. The van der Waals surface area contributed by atoms with Crippen LogP contribution in [0.1, 0.15) is 11.5 Å². The third-order valence-corrected chi connectivity index (χ3v) is 4.26. The fourth-order valence-corrected chi connectivity index (χ4v) is 2.76. The molecule has 3 aromatic rings. The molecule has 0 spiro atoms. The van der Waals surface area contributed by atoms with Crippen molar-refractivity contribution in [1.82, 2.24) is 15.0 Å². The summed E-state index contributed by atoms with van der Waals surface area (Å²) in [4.78, 5) is 7.91. The minimum atomic E-state index is 0.629. The molecular weight excluding hydrogens is 306 g/mol. The van der Waals surface area contributed by atoms with Gasteiger partial charge in [-0.25, -0.2) is 0 Å². The fraction of sp³-hybridized carbons (Fsp3) is 0.222. The van der Waals surface area contributed by atoms with Crippen LogP contribution in [-0.2, 0) is 13.1 Å². The quantitative estimate of drug-likeness (QED) is 0.639. The van der Waals surface area contributed by atoms with Crippen LogP contribution in [0.5, 0.6) is 0 Å². The molecule has 0 fully saturated rings. The van der Waals surface area contributed by atoms with Crippen LogP contribution in [0, 0.1) is 0 Å². The fourth-order valence-electron chi connectivity index (χ4n) is 2.35. The lowest BCUT2D eigenvalue weighted by molar-refractivity contribution is 0.261. The number of thioether (sulfide) groups is 1. The number of benzene rings is 2. The second kappa shape index (κ2) is 7.44. The van der Waals surface area contributed by atoms with Crippen LogP contribution in [0.4, 0.5) is 0 Å². The Morgan fingerprint density at radius 3 is 2.43 bits per heavy atom. The molecule has 0 atom stereocenters. The van der Waals surface area contributed by atoms with Crippen molar-refractivity contribution in [3.8, 4) is 11.4 Å². The molecule has 4 nitrogen and oxygen atoms in total. The average molecular weight is 325 g/mol. The Bertz CT molecular complexity index is 740. The van der Waals surface area contributed by atoms with Gasteiger partial charge in [-0.05, 0) is 31.0 Å². The van der Waals surface area contributed by atoms with Crippen molar-refractivity contribution in [2.45, 2.75) is 18.0 Å². The van der Waals surface area contributed by atoms with Crippen LogP contribution >= 0.6 is 11.8 Å². The molecule has 0 unspecified atom stereocenters. The lowest BCUT2D eigenvalue weighted by atomic mass is 10.2. The lowest BCUT2D eigenvalue weighted by Crippen LogP contribution is -2.17. The van der Waals surface area contributed by atoms with Gasteiger partial charge < -0.3 is 4.52 Å². The van der Waals surface area contributed by atoms with Crippen LogP contribution in [0.2, 0.25) is 0 Å². The number of rotatable bonds is 6. The molecule has 118 valence electrons. The first-order valence-electron chi connectivity index (χ1n) is 7.44. The summed E-state index contributed by atoms with van der Waals surface area (Å²) in [5.41, 5.74) is 2.24. The van der Waals surface area contributed by atoms with Crippen LogP contribution in [0.3, 0.4) is 0 Å². The van der Waals surface area contributed by atoms with Crippen LogP contribution in [0.15, 0.2) is 64.0 Å². The van der Waals surface area contributed by atoms with E-state index < -0.39 is 0 Å². The normalized spacial score (nSPS) is 11.1. The summed E-state index contributed by atoms with van der Waals surface area (Å²) in [7, 11) is 2.05. The van der Waals surface area contributed by atoms with Gasteiger partial charge in [0.2, 0.25) is 11.7 Å². The summed E-state index contributed by atoms with van der Waals surface area (Å²) >= 11 is 1.75. The van der Waals surface area contributed by atoms with Gasteiger partial charge in [0.1, 0.15) is 0 Å². The van der Waals surface area contributed by atoms with Gasteiger partial charge in [-0.2, -0.15) is 4.98 Å². The zero-order valence-corrected chi connectivity index (χ0v) is 14.1. The Balaban J connectivity index is 1.61. The number of hydrogen-bond donors (Lipinski definition) is 0. The highest BCUT2D eigenvalue weighted by Gasteiger charge is 2.10. The first-order valence-corrected chi connectivity index (χ1v) is 8.66. The topological polar surface area (TPSA) is 42.2 Å². The van der Waals surface area contributed by atoms with E-state index >= 15 is 0 Å². The molecule has 23 heavy (non-hydrogen) atoms. The van der Waals surface area contributed by atoms with E-state index in [0.717, 1.165) is 12.1 Å². The molecular formula is C18H19N3OS. The largest absolute Gasteiger partial charge is 0.338 e. The lowest BCUT2D eigenvalue weighted by Gasteiger charge is -2.14. The smallest absolute Gasteiger partial charge is 0.241 e. The Labute approximate surface area is 140 Å². The summed E-state index contributed by atoms with van der Waals surface area (Å²) < 4.78 is 5.36. The minimum Gasteiger partial charge on any atom is -0.338 e. The molecule has 0 bridgehead atoms. The third-order valence-electron chi connectivity index (χ3n) is 3.52. The molecule has 5 heteroatoms.